The van der Waals surface area contributed by atoms with Gasteiger partial charge in [-0.3, -0.25) is 4.57 Å². The molecule has 104 valence electrons. The van der Waals surface area contributed by atoms with Crippen molar-refractivity contribution in [1.29, 1.82) is 0 Å². The minimum absolute atomic E-state index is 0.192. The summed E-state index contributed by atoms with van der Waals surface area (Å²) in [7, 11) is -3.00. The Morgan fingerprint density at radius 2 is 1.61 bits per heavy atom. The molecule has 0 aromatic carbocycles. The molecule has 8 heteroatoms. The monoisotopic (exact) mass is 274 g/mol. The van der Waals surface area contributed by atoms with Gasteiger partial charge in [-0.25, -0.2) is 9.34 Å². The average molecular weight is 274 g/mol. The van der Waals surface area contributed by atoms with Crippen LogP contribution in [0.3, 0.4) is 0 Å². The molecule has 0 spiro atoms. The van der Waals surface area contributed by atoms with Crippen molar-refractivity contribution in [3.63, 3.8) is 0 Å². The van der Waals surface area contributed by atoms with Crippen LogP contribution in [0.2, 0.25) is 0 Å². The predicted molar refractivity (Wildman–Crippen MR) is 73.3 cm³/mol. The maximum Gasteiger partial charge on any atom is 0.333 e. The topological polar surface area (TPSA) is 80.3 Å². The molecule has 1 rings (SSSR count). The van der Waals surface area contributed by atoms with Gasteiger partial charge >= 0.3 is 7.59 Å². The van der Waals surface area contributed by atoms with E-state index in [-0.39, 0.29) is 5.95 Å². The lowest BCUT2D eigenvalue weighted by Gasteiger charge is -2.36. The largest absolute Gasteiger partial charge is 0.368 e. The number of aromatic nitrogens is 3. The molecule has 0 aliphatic heterocycles. The molecule has 0 aliphatic carbocycles. The van der Waals surface area contributed by atoms with Gasteiger partial charge < -0.3 is 5.73 Å². The van der Waals surface area contributed by atoms with Gasteiger partial charge in [-0.2, -0.15) is 9.44 Å². The number of rotatable bonds is 7. The zero-order chi connectivity index (χ0) is 13.8. The number of nitrogen functional groups attached to an aromatic ring is 1. The van der Waals surface area contributed by atoms with Crippen LogP contribution >= 0.6 is 7.59 Å². The molecule has 2 N–H and O–H groups in total. The van der Waals surface area contributed by atoms with E-state index in [0.717, 1.165) is 0 Å². The van der Waals surface area contributed by atoms with Crippen molar-refractivity contribution < 1.29 is 4.57 Å². The summed E-state index contributed by atoms with van der Waals surface area (Å²) in [6.45, 7) is 10.6. The molecule has 0 radical (unpaired) electrons. The Hall–Kier alpha value is -0.910. The molecule has 0 saturated carbocycles. The van der Waals surface area contributed by atoms with Gasteiger partial charge in [0.05, 0.1) is 0 Å². The zero-order valence-electron chi connectivity index (χ0n) is 11.6. The predicted octanol–water partition coefficient (Wildman–Crippen LogP) is 1.50. The summed E-state index contributed by atoms with van der Waals surface area (Å²) in [6, 6.07) is 0. The quantitative estimate of drug-likeness (QED) is 0.759. The van der Waals surface area contributed by atoms with E-state index in [9.17, 15) is 4.57 Å². The molecule has 0 fully saturated rings. The minimum Gasteiger partial charge on any atom is -0.368 e. The molecule has 0 amide bonds. The van der Waals surface area contributed by atoms with Gasteiger partial charge in [-0.15, -0.1) is 5.10 Å². The van der Waals surface area contributed by atoms with E-state index in [4.69, 9.17) is 5.73 Å². The SMILES string of the molecule is CCN(CC)P(=O)(N(CC)CC)n1ncnc1N. The summed E-state index contributed by atoms with van der Waals surface area (Å²) in [5, 5.41) is 4.06. The van der Waals surface area contributed by atoms with Crippen molar-refractivity contribution >= 4 is 13.5 Å². The fourth-order valence-electron chi connectivity index (χ4n) is 2.05. The van der Waals surface area contributed by atoms with Crippen LogP contribution in [0.15, 0.2) is 6.33 Å². The third kappa shape index (κ3) is 2.43. The first kappa shape index (κ1) is 15.1. The minimum atomic E-state index is -3.00. The maximum atomic E-state index is 13.5. The molecule has 0 bridgehead atoms. The molecular weight excluding hydrogens is 251 g/mol. The van der Waals surface area contributed by atoms with Gasteiger partial charge in [-0.1, -0.05) is 27.7 Å². The van der Waals surface area contributed by atoms with E-state index in [1.54, 1.807) is 0 Å². The molecule has 0 saturated heterocycles. The number of anilines is 1. The second-order valence-corrected chi connectivity index (χ2v) is 6.34. The summed E-state index contributed by atoms with van der Waals surface area (Å²) in [5.41, 5.74) is 5.78. The lowest BCUT2D eigenvalue weighted by atomic mass is 10.7. The smallest absolute Gasteiger partial charge is 0.333 e. The van der Waals surface area contributed by atoms with Crippen LogP contribution in [0, 0.1) is 0 Å². The Balaban J connectivity index is 3.34. The van der Waals surface area contributed by atoms with Crippen molar-refractivity contribution in [2.24, 2.45) is 0 Å². The zero-order valence-corrected chi connectivity index (χ0v) is 12.5. The Labute approximate surface area is 108 Å². The molecule has 0 atom stereocenters. The molecule has 0 unspecified atom stereocenters. The third-order valence-corrected chi connectivity index (χ3v) is 6.41. The molecule has 1 aromatic rings. The van der Waals surface area contributed by atoms with Crippen LogP contribution in [0.4, 0.5) is 5.95 Å². The number of nitrogens with zero attached hydrogens (tertiary/aromatic N) is 5. The first-order valence-corrected chi connectivity index (χ1v) is 7.89. The third-order valence-electron chi connectivity index (χ3n) is 3.00. The van der Waals surface area contributed by atoms with Crippen LogP contribution < -0.4 is 5.73 Å². The summed E-state index contributed by atoms with van der Waals surface area (Å²) < 4.78 is 18.6. The second-order valence-electron chi connectivity index (χ2n) is 3.80. The summed E-state index contributed by atoms with van der Waals surface area (Å²) >= 11 is 0. The molecule has 18 heavy (non-hydrogen) atoms. The number of nitrogens with two attached hydrogens (primary N) is 1. The van der Waals surface area contributed by atoms with Gasteiger partial charge in [0.25, 0.3) is 0 Å². The Morgan fingerprint density at radius 1 is 1.17 bits per heavy atom. The van der Waals surface area contributed by atoms with E-state index in [1.807, 2.05) is 37.0 Å². The first-order valence-electron chi connectivity index (χ1n) is 6.33. The number of hydrogen-bond acceptors (Lipinski definition) is 4. The van der Waals surface area contributed by atoms with Crippen molar-refractivity contribution in [1.82, 2.24) is 23.9 Å². The van der Waals surface area contributed by atoms with Crippen LogP contribution in [0.1, 0.15) is 27.7 Å². The van der Waals surface area contributed by atoms with Gasteiger partial charge in [0.1, 0.15) is 6.33 Å². The van der Waals surface area contributed by atoms with E-state index in [1.165, 1.54) is 10.8 Å². The molecule has 0 aliphatic rings. The van der Waals surface area contributed by atoms with Crippen molar-refractivity contribution in [3.8, 4) is 0 Å². The fourth-order valence-corrected chi connectivity index (χ4v) is 4.86. The lowest BCUT2D eigenvalue weighted by molar-refractivity contribution is 0.347. The summed E-state index contributed by atoms with van der Waals surface area (Å²) in [6.07, 6.45) is 1.34. The van der Waals surface area contributed by atoms with E-state index in [0.29, 0.717) is 26.2 Å². The normalized spacial score (nSPS) is 12.6. The molecule has 1 aromatic heterocycles. The van der Waals surface area contributed by atoms with Crippen molar-refractivity contribution in [2.45, 2.75) is 27.7 Å². The van der Waals surface area contributed by atoms with Gasteiger partial charge in [-0.05, 0) is 0 Å². The van der Waals surface area contributed by atoms with Crippen LogP contribution in [0.25, 0.3) is 0 Å². The van der Waals surface area contributed by atoms with E-state index >= 15 is 0 Å². The van der Waals surface area contributed by atoms with Gasteiger partial charge in [0, 0.05) is 26.2 Å². The standard InChI is InChI=1S/C10H23N6OP/c1-5-14(6-2)18(17,15(7-3)8-4)16-10(11)12-9-13-16/h9H,5-8H2,1-4H3,(H2,11,12,13). The second kappa shape index (κ2) is 6.31. The van der Waals surface area contributed by atoms with Crippen LogP contribution in [0.5, 0.6) is 0 Å². The average Bonchev–Trinajstić information content (AvgIpc) is 2.79. The highest BCUT2D eigenvalue weighted by molar-refractivity contribution is 7.57. The highest BCUT2D eigenvalue weighted by atomic mass is 31.2. The van der Waals surface area contributed by atoms with Gasteiger partial charge in [0.2, 0.25) is 5.95 Å². The Bertz CT molecular complexity index is 396. The maximum absolute atomic E-state index is 13.5. The van der Waals surface area contributed by atoms with Crippen molar-refractivity contribution in [2.75, 3.05) is 31.9 Å². The van der Waals surface area contributed by atoms with E-state index < -0.39 is 7.59 Å². The fraction of sp³-hybridized carbons (Fsp3) is 0.800. The Kier molecular flexibility index (Phi) is 5.31. The first-order chi connectivity index (χ1) is 8.55. The van der Waals surface area contributed by atoms with E-state index in [2.05, 4.69) is 10.1 Å². The summed E-state index contributed by atoms with van der Waals surface area (Å²) in [5.74, 6) is 0.192. The summed E-state index contributed by atoms with van der Waals surface area (Å²) in [4.78, 5) is 3.89. The van der Waals surface area contributed by atoms with Crippen LogP contribution in [-0.2, 0) is 4.57 Å². The lowest BCUT2D eigenvalue weighted by Crippen LogP contribution is -2.36. The van der Waals surface area contributed by atoms with Crippen molar-refractivity contribution in [3.05, 3.63) is 6.33 Å². The Morgan fingerprint density at radius 3 is 1.89 bits per heavy atom. The molecule has 7 nitrogen and oxygen atoms in total. The highest BCUT2D eigenvalue weighted by Crippen LogP contribution is 2.54. The van der Waals surface area contributed by atoms with Crippen LogP contribution in [-0.4, -0.2) is 50.1 Å². The molecule has 1 heterocycles. The molecular formula is C10H23N6OP. The van der Waals surface area contributed by atoms with Gasteiger partial charge in [0.15, 0.2) is 0 Å². The highest BCUT2D eigenvalue weighted by Gasteiger charge is 2.38. The number of hydrogen-bond donors (Lipinski definition) is 1.